The predicted molar refractivity (Wildman–Crippen MR) is 79.6 cm³/mol. The standard InChI is InChI=1S/C14H11FN4O2S/c15-9-1-3-11(4-2-9)19-6-5-12(18-19)13(20)16-7-10-8-22-14(21)17-10/h1-6,8H,7H2,(H,16,20)(H,17,21). The number of carbonyl (C=O) groups excluding carboxylic acids is 1. The van der Waals surface area contributed by atoms with Crippen LogP contribution in [0.4, 0.5) is 4.39 Å². The highest BCUT2D eigenvalue weighted by atomic mass is 32.1. The van der Waals surface area contributed by atoms with E-state index in [1.807, 2.05) is 0 Å². The summed E-state index contributed by atoms with van der Waals surface area (Å²) in [6.45, 7) is 0.223. The third-order valence-electron chi connectivity index (χ3n) is 2.92. The Bertz CT molecular complexity index is 850. The van der Waals surface area contributed by atoms with E-state index in [1.165, 1.54) is 16.8 Å². The topological polar surface area (TPSA) is 79.8 Å². The Balaban J connectivity index is 1.68. The Morgan fingerprint density at radius 3 is 2.77 bits per heavy atom. The highest BCUT2D eigenvalue weighted by Crippen LogP contribution is 2.09. The maximum absolute atomic E-state index is 12.9. The molecule has 0 saturated carbocycles. The fourth-order valence-electron chi connectivity index (χ4n) is 1.85. The van der Waals surface area contributed by atoms with Crippen LogP contribution < -0.4 is 10.2 Å². The number of nitrogens with zero attached hydrogens (tertiary/aromatic N) is 2. The van der Waals surface area contributed by atoms with Crippen molar-refractivity contribution in [2.24, 2.45) is 0 Å². The maximum Gasteiger partial charge on any atom is 0.304 e. The minimum atomic E-state index is -0.354. The number of aromatic amines is 1. The summed E-state index contributed by atoms with van der Waals surface area (Å²) in [5, 5.41) is 8.46. The van der Waals surface area contributed by atoms with Crippen LogP contribution in [0.25, 0.3) is 5.69 Å². The molecular weight excluding hydrogens is 307 g/mol. The van der Waals surface area contributed by atoms with Crippen molar-refractivity contribution in [3.05, 3.63) is 68.8 Å². The van der Waals surface area contributed by atoms with Crippen molar-refractivity contribution in [2.45, 2.75) is 6.54 Å². The lowest BCUT2D eigenvalue weighted by Gasteiger charge is -2.02. The first-order valence-electron chi connectivity index (χ1n) is 6.38. The van der Waals surface area contributed by atoms with Gasteiger partial charge in [-0.3, -0.25) is 9.59 Å². The molecule has 8 heteroatoms. The minimum absolute atomic E-state index is 0.162. The summed E-state index contributed by atoms with van der Waals surface area (Å²) < 4.78 is 14.4. The SMILES string of the molecule is O=C(NCc1csc(=O)[nH]1)c1ccn(-c2ccc(F)cc2)n1. The molecule has 0 saturated heterocycles. The number of halogens is 1. The van der Waals surface area contributed by atoms with Gasteiger partial charge in [-0.25, -0.2) is 9.07 Å². The highest BCUT2D eigenvalue weighted by Gasteiger charge is 2.10. The van der Waals surface area contributed by atoms with Crippen molar-refractivity contribution in [2.75, 3.05) is 0 Å². The molecule has 112 valence electrons. The number of thiazole rings is 1. The zero-order valence-corrected chi connectivity index (χ0v) is 12.1. The molecule has 0 aliphatic heterocycles. The Labute approximate surface area is 128 Å². The number of aromatic nitrogens is 3. The van der Waals surface area contributed by atoms with Gasteiger partial charge in [-0.2, -0.15) is 5.10 Å². The van der Waals surface area contributed by atoms with E-state index in [2.05, 4.69) is 15.4 Å². The molecule has 1 amide bonds. The molecular formula is C14H11FN4O2S. The van der Waals surface area contributed by atoms with Crippen LogP contribution >= 0.6 is 11.3 Å². The third-order valence-corrected chi connectivity index (χ3v) is 3.64. The van der Waals surface area contributed by atoms with Crippen LogP contribution in [-0.2, 0) is 6.54 Å². The zero-order valence-electron chi connectivity index (χ0n) is 11.2. The van der Waals surface area contributed by atoms with Gasteiger partial charge in [0, 0.05) is 17.3 Å². The van der Waals surface area contributed by atoms with Crippen LogP contribution in [-0.4, -0.2) is 20.7 Å². The van der Waals surface area contributed by atoms with Crippen LogP contribution in [0.15, 0.2) is 46.7 Å². The second kappa shape index (κ2) is 5.94. The van der Waals surface area contributed by atoms with Crippen molar-refractivity contribution >= 4 is 17.2 Å². The van der Waals surface area contributed by atoms with Crippen molar-refractivity contribution in [1.29, 1.82) is 0 Å². The molecule has 3 aromatic rings. The van der Waals surface area contributed by atoms with Gasteiger partial charge < -0.3 is 10.3 Å². The van der Waals surface area contributed by atoms with Gasteiger partial charge >= 0.3 is 4.87 Å². The fraction of sp³-hybridized carbons (Fsp3) is 0.0714. The summed E-state index contributed by atoms with van der Waals surface area (Å²) in [6, 6.07) is 7.35. The molecule has 0 radical (unpaired) electrons. The van der Waals surface area contributed by atoms with E-state index < -0.39 is 0 Å². The molecule has 0 spiro atoms. The first-order chi connectivity index (χ1) is 10.6. The van der Waals surface area contributed by atoms with E-state index >= 15 is 0 Å². The van der Waals surface area contributed by atoms with Crippen LogP contribution in [0.5, 0.6) is 0 Å². The second-order valence-electron chi connectivity index (χ2n) is 4.48. The molecule has 2 N–H and O–H groups in total. The van der Waals surface area contributed by atoms with Crippen molar-refractivity contribution < 1.29 is 9.18 Å². The number of carbonyl (C=O) groups is 1. The molecule has 1 aromatic carbocycles. The second-order valence-corrected chi connectivity index (χ2v) is 5.32. The lowest BCUT2D eigenvalue weighted by atomic mass is 10.3. The van der Waals surface area contributed by atoms with Gasteiger partial charge in [0.1, 0.15) is 5.82 Å². The average Bonchev–Trinajstić information content (AvgIpc) is 3.15. The summed E-state index contributed by atoms with van der Waals surface area (Å²) in [4.78, 5) is 25.4. The Kier molecular flexibility index (Phi) is 3.84. The van der Waals surface area contributed by atoms with Gasteiger partial charge in [-0.1, -0.05) is 11.3 Å². The maximum atomic E-state index is 12.9. The number of amides is 1. The van der Waals surface area contributed by atoms with Gasteiger partial charge in [-0.05, 0) is 30.3 Å². The minimum Gasteiger partial charge on any atom is -0.345 e. The zero-order chi connectivity index (χ0) is 15.5. The third kappa shape index (κ3) is 3.12. The van der Waals surface area contributed by atoms with Crippen LogP contribution in [0.2, 0.25) is 0 Å². The van der Waals surface area contributed by atoms with E-state index in [-0.39, 0.29) is 28.8 Å². The molecule has 6 nitrogen and oxygen atoms in total. The van der Waals surface area contributed by atoms with Crippen LogP contribution in [0.1, 0.15) is 16.2 Å². The van der Waals surface area contributed by atoms with Gasteiger partial charge in [-0.15, -0.1) is 0 Å². The molecule has 2 heterocycles. The monoisotopic (exact) mass is 318 g/mol. The number of hydrogen-bond donors (Lipinski definition) is 2. The number of benzene rings is 1. The summed E-state index contributed by atoms with van der Waals surface area (Å²) in [5.74, 6) is -0.688. The summed E-state index contributed by atoms with van der Waals surface area (Å²) in [7, 11) is 0. The molecule has 2 aromatic heterocycles. The van der Waals surface area contributed by atoms with E-state index in [4.69, 9.17) is 0 Å². The first-order valence-corrected chi connectivity index (χ1v) is 7.26. The van der Waals surface area contributed by atoms with Crippen LogP contribution in [0.3, 0.4) is 0 Å². The van der Waals surface area contributed by atoms with E-state index in [1.54, 1.807) is 29.8 Å². The van der Waals surface area contributed by atoms with E-state index in [9.17, 15) is 14.0 Å². The number of H-pyrrole nitrogens is 1. The lowest BCUT2D eigenvalue weighted by molar-refractivity contribution is 0.0945. The van der Waals surface area contributed by atoms with E-state index in [0.717, 1.165) is 11.3 Å². The molecule has 3 rings (SSSR count). The predicted octanol–water partition coefficient (Wildman–Crippen LogP) is 1.69. The highest BCUT2D eigenvalue weighted by molar-refractivity contribution is 7.07. The number of nitrogens with one attached hydrogen (secondary N) is 2. The molecule has 0 atom stereocenters. The van der Waals surface area contributed by atoms with Gasteiger partial charge in [0.15, 0.2) is 5.69 Å². The summed E-state index contributed by atoms with van der Waals surface area (Å²) in [6.07, 6.45) is 1.62. The first kappa shape index (κ1) is 14.2. The Hall–Kier alpha value is -2.74. The average molecular weight is 318 g/mol. The molecule has 22 heavy (non-hydrogen) atoms. The lowest BCUT2D eigenvalue weighted by Crippen LogP contribution is -2.23. The fourth-order valence-corrected chi connectivity index (χ4v) is 2.43. The van der Waals surface area contributed by atoms with E-state index in [0.29, 0.717) is 11.4 Å². The van der Waals surface area contributed by atoms with Gasteiger partial charge in [0.2, 0.25) is 0 Å². The molecule has 0 aliphatic carbocycles. The summed E-state index contributed by atoms with van der Waals surface area (Å²) >= 11 is 1.04. The van der Waals surface area contributed by atoms with Crippen molar-refractivity contribution in [1.82, 2.24) is 20.1 Å². The Morgan fingerprint density at radius 1 is 1.32 bits per heavy atom. The van der Waals surface area contributed by atoms with Crippen molar-refractivity contribution in [3.8, 4) is 5.69 Å². The normalized spacial score (nSPS) is 10.6. The number of rotatable bonds is 4. The molecule has 0 unspecified atom stereocenters. The molecule has 0 bridgehead atoms. The Morgan fingerprint density at radius 2 is 2.09 bits per heavy atom. The van der Waals surface area contributed by atoms with Crippen molar-refractivity contribution in [3.63, 3.8) is 0 Å². The molecule has 0 aliphatic rings. The van der Waals surface area contributed by atoms with Gasteiger partial charge in [0.25, 0.3) is 5.91 Å². The van der Waals surface area contributed by atoms with Crippen LogP contribution in [0, 0.1) is 5.82 Å². The number of hydrogen-bond acceptors (Lipinski definition) is 4. The summed E-state index contributed by atoms with van der Waals surface area (Å²) in [5.41, 5.74) is 1.53. The quantitative estimate of drug-likeness (QED) is 0.768. The smallest absolute Gasteiger partial charge is 0.304 e. The largest absolute Gasteiger partial charge is 0.345 e. The molecule has 0 fully saturated rings. The van der Waals surface area contributed by atoms with Gasteiger partial charge in [0.05, 0.1) is 12.2 Å².